The second-order valence-corrected chi connectivity index (χ2v) is 10.4. The number of aromatic hydroxyl groups is 1. The fourth-order valence-corrected chi connectivity index (χ4v) is 5.95. The van der Waals surface area contributed by atoms with Crippen LogP contribution in [0.2, 0.25) is 0 Å². The standard InChI is InChI=1S/C24H22N4O2S3/c1-2-21(17-10-12-19(29)13-11-17)25-26-22(30)15-32-24-28-27-23(33-24)31-14-18-8-5-7-16-6-3-4-9-20(16)18/h2-13,25,29H,14-15H2,1H3,(H,26,30)/b21-2+. The van der Waals surface area contributed by atoms with Gasteiger partial charge in [-0.25, -0.2) is 0 Å². The Morgan fingerprint density at radius 1 is 0.970 bits per heavy atom. The van der Waals surface area contributed by atoms with Gasteiger partial charge in [0.15, 0.2) is 8.68 Å². The summed E-state index contributed by atoms with van der Waals surface area (Å²) in [5, 5.41) is 20.4. The van der Waals surface area contributed by atoms with E-state index >= 15 is 0 Å². The molecule has 0 unspecified atom stereocenters. The number of hydrogen-bond donors (Lipinski definition) is 3. The van der Waals surface area contributed by atoms with E-state index < -0.39 is 0 Å². The van der Waals surface area contributed by atoms with Crippen molar-refractivity contribution in [2.45, 2.75) is 21.4 Å². The first-order valence-electron chi connectivity index (χ1n) is 10.2. The lowest BCUT2D eigenvalue weighted by atomic mass is 10.1. The average molecular weight is 495 g/mol. The van der Waals surface area contributed by atoms with E-state index in [4.69, 9.17) is 0 Å². The van der Waals surface area contributed by atoms with E-state index in [-0.39, 0.29) is 17.4 Å². The second kappa shape index (κ2) is 11.2. The Morgan fingerprint density at radius 2 is 1.70 bits per heavy atom. The van der Waals surface area contributed by atoms with Gasteiger partial charge in [-0.15, -0.1) is 10.2 Å². The molecule has 1 amide bonds. The number of benzene rings is 3. The van der Waals surface area contributed by atoms with Crippen molar-refractivity contribution in [2.75, 3.05) is 5.75 Å². The minimum atomic E-state index is -0.168. The van der Waals surface area contributed by atoms with E-state index in [1.165, 1.54) is 39.4 Å². The highest BCUT2D eigenvalue weighted by molar-refractivity contribution is 8.03. The highest BCUT2D eigenvalue weighted by Gasteiger charge is 2.10. The molecule has 0 radical (unpaired) electrons. The molecule has 0 fully saturated rings. The van der Waals surface area contributed by atoms with Crippen molar-refractivity contribution < 1.29 is 9.90 Å². The summed E-state index contributed by atoms with van der Waals surface area (Å²) in [6.45, 7) is 1.87. The summed E-state index contributed by atoms with van der Waals surface area (Å²) in [7, 11) is 0. The zero-order valence-electron chi connectivity index (χ0n) is 17.8. The van der Waals surface area contributed by atoms with E-state index in [1.807, 2.05) is 19.1 Å². The Kier molecular flexibility index (Phi) is 7.87. The molecule has 33 heavy (non-hydrogen) atoms. The molecule has 4 rings (SSSR count). The molecule has 0 spiro atoms. The molecule has 4 aromatic rings. The molecule has 3 N–H and O–H groups in total. The van der Waals surface area contributed by atoms with Crippen LogP contribution in [0.4, 0.5) is 0 Å². The summed E-state index contributed by atoms with van der Waals surface area (Å²) in [6, 6.07) is 21.4. The molecule has 0 saturated carbocycles. The van der Waals surface area contributed by atoms with Gasteiger partial charge in [-0.1, -0.05) is 83.4 Å². The van der Waals surface area contributed by atoms with Gasteiger partial charge in [0.1, 0.15) is 5.75 Å². The van der Waals surface area contributed by atoms with E-state index in [2.05, 4.69) is 57.4 Å². The van der Waals surface area contributed by atoms with Crippen LogP contribution in [0.1, 0.15) is 18.1 Å². The Hall–Kier alpha value is -3.01. The number of hydrogen-bond acceptors (Lipinski definition) is 8. The number of fused-ring (bicyclic) bond motifs is 1. The van der Waals surface area contributed by atoms with Gasteiger partial charge < -0.3 is 5.11 Å². The van der Waals surface area contributed by atoms with Gasteiger partial charge in [-0.3, -0.25) is 15.6 Å². The maximum absolute atomic E-state index is 12.3. The summed E-state index contributed by atoms with van der Waals surface area (Å²) in [4.78, 5) is 12.3. The van der Waals surface area contributed by atoms with Crippen LogP contribution in [-0.4, -0.2) is 27.0 Å². The monoisotopic (exact) mass is 494 g/mol. The Labute approximate surface area is 204 Å². The number of rotatable bonds is 9. The van der Waals surface area contributed by atoms with Gasteiger partial charge in [-0.2, -0.15) is 0 Å². The lowest BCUT2D eigenvalue weighted by Gasteiger charge is -2.12. The normalized spacial score (nSPS) is 11.5. The number of carbonyl (C=O) groups is 1. The van der Waals surface area contributed by atoms with E-state index in [1.54, 1.807) is 36.0 Å². The zero-order valence-corrected chi connectivity index (χ0v) is 20.3. The van der Waals surface area contributed by atoms with Gasteiger partial charge in [0.2, 0.25) is 5.91 Å². The molecule has 0 aliphatic carbocycles. The van der Waals surface area contributed by atoms with Crippen molar-refractivity contribution in [3.05, 3.63) is 83.9 Å². The lowest BCUT2D eigenvalue weighted by Crippen LogP contribution is -2.37. The van der Waals surface area contributed by atoms with Crippen molar-refractivity contribution in [2.24, 2.45) is 0 Å². The zero-order chi connectivity index (χ0) is 23.0. The Bertz CT molecular complexity index is 1270. The van der Waals surface area contributed by atoms with Crippen LogP contribution in [0.25, 0.3) is 16.5 Å². The molecular formula is C24H22N4O2S3. The molecule has 168 valence electrons. The smallest absolute Gasteiger partial charge is 0.248 e. The Balaban J connectivity index is 1.25. The quantitative estimate of drug-likeness (QED) is 0.210. The van der Waals surface area contributed by atoms with E-state index in [9.17, 15) is 9.90 Å². The number of phenolic OH excluding ortho intramolecular Hbond substituents is 1. The number of carbonyl (C=O) groups excluding carboxylic acids is 1. The van der Waals surface area contributed by atoms with Crippen LogP contribution in [0, 0.1) is 0 Å². The molecule has 3 aromatic carbocycles. The first-order chi connectivity index (χ1) is 16.1. The fraction of sp³-hybridized carbons (Fsp3) is 0.125. The van der Waals surface area contributed by atoms with Crippen molar-refractivity contribution >= 4 is 57.2 Å². The molecular weight excluding hydrogens is 472 g/mol. The molecule has 0 aliphatic heterocycles. The topological polar surface area (TPSA) is 87.1 Å². The SMILES string of the molecule is C/C=C(/NNC(=O)CSc1nnc(SCc2cccc3ccccc23)s1)c1ccc(O)cc1. The minimum absolute atomic E-state index is 0.168. The van der Waals surface area contributed by atoms with E-state index in [0.717, 1.165) is 25.7 Å². The van der Waals surface area contributed by atoms with Crippen LogP contribution < -0.4 is 10.9 Å². The van der Waals surface area contributed by atoms with Crippen LogP contribution in [0.15, 0.2) is 81.5 Å². The molecule has 6 nitrogen and oxygen atoms in total. The number of nitrogens with zero attached hydrogens (tertiary/aromatic N) is 2. The number of aromatic nitrogens is 2. The minimum Gasteiger partial charge on any atom is -0.508 e. The largest absolute Gasteiger partial charge is 0.508 e. The molecule has 1 aromatic heterocycles. The predicted molar refractivity (Wildman–Crippen MR) is 137 cm³/mol. The maximum Gasteiger partial charge on any atom is 0.248 e. The summed E-state index contributed by atoms with van der Waals surface area (Å²) < 4.78 is 1.64. The third-order valence-electron chi connectivity index (χ3n) is 4.75. The van der Waals surface area contributed by atoms with Crippen LogP contribution in [0.5, 0.6) is 5.75 Å². The summed E-state index contributed by atoms with van der Waals surface area (Å²) in [5.41, 5.74) is 8.50. The summed E-state index contributed by atoms with van der Waals surface area (Å²) >= 11 is 4.51. The third-order valence-corrected chi connectivity index (χ3v) is 7.99. The number of thioether (sulfide) groups is 2. The first kappa shape index (κ1) is 23.2. The van der Waals surface area contributed by atoms with Crippen LogP contribution in [0.3, 0.4) is 0 Å². The van der Waals surface area contributed by atoms with Gasteiger partial charge in [0.05, 0.1) is 11.4 Å². The number of hydrazine groups is 1. The summed E-state index contributed by atoms with van der Waals surface area (Å²) in [6.07, 6.45) is 1.85. The maximum atomic E-state index is 12.3. The second-order valence-electron chi connectivity index (χ2n) is 6.97. The van der Waals surface area contributed by atoms with Crippen LogP contribution in [-0.2, 0) is 10.5 Å². The highest BCUT2D eigenvalue weighted by Crippen LogP contribution is 2.32. The van der Waals surface area contributed by atoms with Crippen molar-refractivity contribution in [3.63, 3.8) is 0 Å². The Morgan fingerprint density at radius 3 is 2.48 bits per heavy atom. The van der Waals surface area contributed by atoms with Gasteiger partial charge in [0, 0.05) is 5.75 Å². The van der Waals surface area contributed by atoms with E-state index in [0.29, 0.717) is 0 Å². The molecule has 9 heteroatoms. The molecule has 0 bridgehead atoms. The number of nitrogens with one attached hydrogen (secondary N) is 2. The van der Waals surface area contributed by atoms with Crippen molar-refractivity contribution in [3.8, 4) is 5.75 Å². The third kappa shape index (κ3) is 6.28. The highest BCUT2D eigenvalue weighted by atomic mass is 32.2. The molecule has 0 saturated heterocycles. The number of amides is 1. The fourth-order valence-electron chi connectivity index (χ4n) is 3.12. The molecule has 0 aliphatic rings. The summed E-state index contributed by atoms with van der Waals surface area (Å²) in [5.74, 6) is 1.07. The number of allylic oxidation sites excluding steroid dienone is 1. The lowest BCUT2D eigenvalue weighted by molar-refractivity contribution is -0.119. The van der Waals surface area contributed by atoms with Crippen molar-refractivity contribution in [1.29, 1.82) is 0 Å². The molecule has 0 atom stereocenters. The average Bonchev–Trinajstić information content (AvgIpc) is 3.30. The number of phenols is 1. The van der Waals surface area contributed by atoms with Gasteiger partial charge >= 0.3 is 0 Å². The van der Waals surface area contributed by atoms with Crippen LogP contribution >= 0.6 is 34.9 Å². The first-order valence-corrected chi connectivity index (χ1v) is 13.0. The molecule has 1 heterocycles. The van der Waals surface area contributed by atoms with Crippen molar-refractivity contribution in [1.82, 2.24) is 21.0 Å². The van der Waals surface area contributed by atoms with Gasteiger partial charge in [0.25, 0.3) is 0 Å². The predicted octanol–water partition coefficient (Wildman–Crippen LogP) is 5.46. The van der Waals surface area contributed by atoms with Gasteiger partial charge in [-0.05, 0) is 53.1 Å².